The Bertz CT molecular complexity index is 901. The van der Waals surface area contributed by atoms with E-state index in [2.05, 4.69) is 15.5 Å². The maximum atomic E-state index is 12.2. The summed E-state index contributed by atoms with van der Waals surface area (Å²) in [6.45, 7) is 0. The number of aromatic nitrogens is 2. The number of carbonyl (C=O) groups is 1. The molecule has 0 spiro atoms. The van der Waals surface area contributed by atoms with Crippen LogP contribution in [0, 0.1) is 0 Å². The summed E-state index contributed by atoms with van der Waals surface area (Å²) in [5.41, 5.74) is 0. The van der Waals surface area contributed by atoms with Crippen LogP contribution in [-0.2, 0) is 15.6 Å². The van der Waals surface area contributed by atoms with E-state index in [1.165, 1.54) is 24.5 Å². The summed E-state index contributed by atoms with van der Waals surface area (Å²) in [7, 11) is -3.60. The molecule has 0 saturated heterocycles. The fraction of sp³-hybridized carbons (Fsp3) is 0.0714. The zero-order valence-corrected chi connectivity index (χ0v) is 12.5. The molecule has 8 nitrogen and oxygen atoms in total. The Morgan fingerprint density at radius 3 is 2.57 bits per heavy atom. The monoisotopic (exact) mass is 333 g/mol. The van der Waals surface area contributed by atoms with Gasteiger partial charge in [-0.2, -0.15) is 0 Å². The maximum absolute atomic E-state index is 12.2. The summed E-state index contributed by atoms with van der Waals surface area (Å²) in [5.74, 6) is -1.08. The Labute approximate surface area is 131 Å². The standard InChI is InChI=1S/C14H11N3O5S/c18-13(11-7-4-8-21-11)15-14-17-16-12(22-14)9-23(19,20)10-5-2-1-3-6-10/h1-8H,9H2,(H,15,17,18). The zero-order chi connectivity index (χ0) is 16.3. The van der Waals surface area contributed by atoms with Crippen LogP contribution in [0.3, 0.4) is 0 Å². The number of sulfone groups is 1. The van der Waals surface area contributed by atoms with Gasteiger partial charge in [0.2, 0.25) is 5.89 Å². The van der Waals surface area contributed by atoms with E-state index >= 15 is 0 Å². The number of nitrogens with zero attached hydrogens (tertiary/aromatic N) is 2. The van der Waals surface area contributed by atoms with Crippen molar-refractivity contribution < 1.29 is 22.0 Å². The van der Waals surface area contributed by atoms with Crippen LogP contribution in [-0.4, -0.2) is 24.5 Å². The van der Waals surface area contributed by atoms with Crippen molar-refractivity contribution in [3.05, 3.63) is 60.4 Å². The molecule has 23 heavy (non-hydrogen) atoms. The molecule has 118 valence electrons. The Balaban J connectivity index is 1.71. The predicted octanol–water partition coefficient (Wildman–Crippen LogP) is 1.89. The topological polar surface area (TPSA) is 115 Å². The van der Waals surface area contributed by atoms with E-state index in [4.69, 9.17) is 8.83 Å². The minimum absolute atomic E-state index is 0.0710. The fourth-order valence-corrected chi connectivity index (χ4v) is 2.98. The van der Waals surface area contributed by atoms with Gasteiger partial charge in [-0.25, -0.2) is 8.42 Å². The van der Waals surface area contributed by atoms with Gasteiger partial charge in [-0.15, -0.1) is 5.10 Å². The van der Waals surface area contributed by atoms with Crippen molar-refractivity contribution in [1.82, 2.24) is 10.2 Å². The first-order valence-electron chi connectivity index (χ1n) is 6.50. The van der Waals surface area contributed by atoms with E-state index < -0.39 is 21.5 Å². The molecule has 3 aromatic rings. The van der Waals surface area contributed by atoms with Crippen molar-refractivity contribution >= 4 is 21.8 Å². The second-order valence-electron chi connectivity index (χ2n) is 4.50. The van der Waals surface area contributed by atoms with E-state index in [1.54, 1.807) is 24.3 Å². The minimum Gasteiger partial charge on any atom is -0.459 e. The lowest BCUT2D eigenvalue weighted by Crippen LogP contribution is -2.10. The molecule has 0 atom stereocenters. The van der Waals surface area contributed by atoms with Crippen LogP contribution in [0.1, 0.15) is 16.4 Å². The van der Waals surface area contributed by atoms with Gasteiger partial charge in [0.15, 0.2) is 15.6 Å². The van der Waals surface area contributed by atoms with Crippen molar-refractivity contribution in [3.8, 4) is 0 Å². The molecule has 9 heteroatoms. The molecule has 2 heterocycles. The van der Waals surface area contributed by atoms with Crippen molar-refractivity contribution in [2.24, 2.45) is 0 Å². The molecule has 3 rings (SSSR count). The van der Waals surface area contributed by atoms with Gasteiger partial charge in [0.25, 0.3) is 5.91 Å². The quantitative estimate of drug-likeness (QED) is 0.758. The second-order valence-corrected chi connectivity index (χ2v) is 6.49. The van der Waals surface area contributed by atoms with Crippen LogP contribution in [0.4, 0.5) is 6.01 Å². The summed E-state index contributed by atoms with van der Waals surface area (Å²) >= 11 is 0. The third-order valence-electron chi connectivity index (χ3n) is 2.85. The molecular weight excluding hydrogens is 322 g/mol. The highest BCUT2D eigenvalue weighted by Gasteiger charge is 2.20. The molecule has 1 aromatic carbocycles. The predicted molar refractivity (Wildman–Crippen MR) is 78.3 cm³/mol. The Hall–Kier alpha value is -2.94. The van der Waals surface area contributed by atoms with Crippen molar-refractivity contribution in [1.29, 1.82) is 0 Å². The molecule has 0 aliphatic rings. The minimum atomic E-state index is -3.60. The molecule has 0 aliphatic heterocycles. The highest BCUT2D eigenvalue weighted by Crippen LogP contribution is 2.17. The van der Waals surface area contributed by atoms with Gasteiger partial charge in [0.1, 0.15) is 5.75 Å². The van der Waals surface area contributed by atoms with Crippen LogP contribution in [0.25, 0.3) is 0 Å². The average molecular weight is 333 g/mol. The Kier molecular flexibility index (Phi) is 3.94. The van der Waals surface area contributed by atoms with Crippen molar-refractivity contribution in [2.45, 2.75) is 10.6 Å². The Morgan fingerprint density at radius 2 is 1.87 bits per heavy atom. The highest BCUT2D eigenvalue weighted by molar-refractivity contribution is 7.90. The molecule has 1 amide bonds. The van der Waals surface area contributed by atoms with Crippen LogP contribution >= 0.6 is 0 Å². The average Bonchev–Trinajstić information content (AvgIpc) is 3.20. The molecule has 1 N–H and O–H groups in total. The first-order chi connectivity index (χ1) is 11.0. The number of hydrogen-bond acceptors (Lipinski definition) is 7. The maximum Gasteiger partial charge on any atom is 0.322 e. The van der Waals surface area contributed by atoms with Gasteiger partial charge < -0.3 is 8.83 Å². The van der Waals surface area contributed by atoms with E-state index in [0.29, 0.717) is 0 Å². The van der Waals surface area contributed by atoms with Gasteiger partial charge in [-0.1, -0.05) is 23.3 Å². The lowest BCUT2D eigenvalue weighted by molar-refractivity contribution is 0.0993. The number of furan rings is 1. The molecule has 0 unspecified atom stereocenters. The van der Waals surface area contributed by atoms with E-state index in [-0.39, 0.29) is 22.6 Å². The van der Waals surface area contributed by atoms with E-state index in [9.17, 15) is 13.2 Å². The molecule has 0 aliphatic carbocycles. The smallest absolute Gasteiger partial charge is 0.322 e. The summed E-state index contributed by atoms with van der Waals surface area (Å²) in [5, 5.41) is 9.53. The number of nitrogens with one attached hydrogen (secondary N) is 1. The number of benzene rings is 1. The number of amides is 1. The number of carbonyl (C=O) groups excluding carboxylic acids is 1. The third kappa shape index (κ3) is 3.46. The fourth-order valence-electron chi connectivity index (χ4n) is 1.80. The lowest BCUT2D eigenvalue weighted by Gasteiger charge is -2.00. The highest BCUT2D eigenvalue weighted by atomic mass is 32.2. The molecule has 2 aromatic heterocycles. The number of anilines is 1. The lowest BCUT2D eigenvalue weighted by atomic mass is 10.4. The summed E-state index contributed by atoms with van der Waals surface area (Å²) in [6.07, 6.45) is 1.35. The SMILES string of the molecule is O=C(Nc1nnc(CS(=O)(=O)c2ccccc2)o1)c1ccco1. The van der Waals surface area contributed by atoms with Gasteiger partial charge in [-0.3, -0.25) is 10.1 Å². The van der Waals surface area contributed by atoms with Crippen LogP contribution in [0.15, 0.2) is 62.5 Å². The van der Waals surface area contributed by atoms with Gasteiger partial charge >= 0.3 is 6.01 Å². The van der Waals surface area contributed by atoms with Crippen molar-refractivity contribution in [2.75, 3.05) is 5.32 Å². The van der Waals surface area contributed by atoms with E-state index in [1.807, 2.05) is 0 Å². The number of rotatable bonds is 5. The summed E-state index contributed by atoms with van der Waals surface area (Å²) in [4.78, 5) is 11.9. The van der Waals surface area contributed by atoms with Crippen LogP contribution in [0.2, 0.25) is 0 Å². The van der Waals surface area contributed by atoms with Crippen molar-refractivity contribution in [3.63, 3.8) is 0 Å². The van der Waals surface area contributed by atoms with Crippen LogP contribution < -0.4 is 5.32 Å². The Morgan fingerprint density at radius 1 is 1.09 bits per heavy atom. The molecule has 0 saturated carbocycles. The first kappa shape index (κ1) is 15.0. The molecule has 0 radical (unpaired) electrons. The summed E-state index contributed by atoms with van der Waals surface area (Å²) in [6, 6.07) is 10.7. The molecule has 0 fully saturated rings. The number of hydrogen-bond donors (Lipinski definition) is 1. The van der Waals surface area contributed by atoms with E-state index in [0.717, 1.165) is 0 Å². The van der Waals surface area contributed by atoms with Crippen LogP contribution in [0.5, 0.6) is 0 Å². The summed E-state index contributed by atoms with van der Waals surface area (Å²) < 4.78 is 34.4. The molecular formula is C14H11N3O5S. The third-order valence-corrected chi connectivity index (χ3v) is 4.47. The largest absolute Gasteiger partial charge is 0.459 e. The zero-order valence-electron chi connectivity index (χ0n) is 11.7. The van der Waals surface area contributed by atoms with Gasteiger partial charge in [0, 0.05) is 0 Å². The normalized spacial score (nSPS) is 11.3. The first-order valence-corrected chi connectivity index (χ1v) is 8.15. The molecule has 0 bridgehead atoms. The van der Waals surface area contributed by atoms with Gasteiger partial charge in [0.05, 0.1) is 11.2 Å². The second kappa shape index (κ2) is 6.05. The van der Waals surface area contributed by atoms with Gasteiger partial charge in [-0.05, 0) is 24.3 Å².